The summed E-state index contributed by atoms with van der Waals surface area (Å²) in [6, 6.07) is 2.39. The molecular formula is C9H10N2O5. The maximum Gasteiger partial charge on any atom is 0.337 e. The fourth-order valence-corrected chi connectivity index (χ4v) is 1.02. The van der Waals surface area contributed by atoms with Crippen molar-refractivity contribution in [1.82, 2.24) is 4.98 Å². The largest absolute Gasteiger partial charge is 0.478 e. The van der Waals surface area contributed by atoms with E-state index in [4.69, 9.17) is 15.9 Å². The summed E-state index contributed by atoms with van der Waals surface area (Å²) in [4.78, 5) is 24.7. The van der Waals surface area contributed by atoms with Crippen LogP contribution in [0.2, 0.25) is 0 Å². The fourth-order valence-electron chi connectivity index (χ4n) is 1.02. The molecule has 1 amide bonds. The number of nitrogens with two attached hydrogens (primary N) is 1. The van der Waals surface area contributed by atoms with Gasteiger partial charge in [-0.3, -0.25) is 9.78 Å². The van der Waals surface area contributed by atoms with Gasteiger partial charge in [-0.25, -0.2) is 4.79 Å². The lowest BCUT2D eigenvalue weighted by Gasteiger charge is -2.13. The van der Waals surface area contributed by atoms with Gasteiger partial charge in [-0.2, -0.15) is 0 Å². The number of aliphatic hydroxyl groups excluding tert-OH is 2. The molecule has 1 rings (SSSR count). The molecule has 16 heavy (non-hydrogen) atoms. The number of aliphatic hydroxyl groups is 2. The summed E-state index contributed by atoms with van der Waals surface area (Å²) in [7, 11) is 0. The van der Waals surface area contributed by atoms with Crippen LogP contribution >= 0.6 is 0 Å². The number of rotatable bonds is 4. The van der Waals surface area contributed by atoms with Gasteiger partial charge in [-0.05, 0) is 12.1 Å². The van der Waals surface area contributed by atoms with Crippen LogP contribution in [0.5, 0.6) is 0 Å². The van der Waals surface area contributed by atoms with Gasteiger partial charge in [0.1, 0.15) is 6.10 Å². The third kappa shape index (κ3) is 2.53. The molecule has 0 aliphatic rings. The second-order valence-corrected chi connectivity index (χ2v) is 3.07. The molecule has 0 fully saturated rings. The monoisotopic (exact) mass is 226 g/mol. The highest BCUT2D eigenvalue weighted by Gasteiger charge is 2.24. The SMILES string of the molecule is NC(=O)C(O)C(O)c1ccc(C(=O)O)cn1. The van der Waals surface area contributed by atoms with Crippen molar-refractivity contribution in [3.63, 3.8) is 0 Å². The number of hydrogen-bond acceptors (Lipinski definition) is 5. The molecule has 5 N–H and O–H groups in total. The van der Waals surface area contributed by atoms with E-state index in [1.54, 1.807) is 0 Å². The van der Waals surface area contributed by atoms with Crippen molar-refractivity contribution < 1.29 is 24.9 Å². The van der Waals surface area contributed by atoms with Crippen molar-refractivity contribution in [2.45, 2.75) is 12.2 Å². The number of carbonyl (C=O) groups excluding carboxylic acids is 1. The predicted molar refractivity (Wildman–Crippen MR) is 51.4 cm³/mol. The second-order valence-electron chi connectivity index (χ2n) is 3.07. The highest BCUT2D eigenvalue weighted by atomic mass is 16.4. The zero-order chi connectivity index (χ0) is 12.3. The van der Waals surface area contributed by atoms with Crippen molar-refractivity contribution in [3.05, 3.63) is 29.6 Å². The van der Waals surface area contributed by atoms with Gasteiger partial charge < -0.3 is 21.1 Å². The summed E-state index contributed by atoms with van der Waals surface area (Å²) >= 11 is 0. The minimum atomic E-state index is -1.77. The van der Waals surface area contributed by atoms with Crippen molar-refractivity contribution in [1.29, 1.82) is 0 Å². The molecule has 2 atom stereocenters. The van der Waals surface area contributed by atoms with Gasteiger partial charge in [0, 0.05) is 6.20 Å². The average molecular weight is 226 g/mol. The smallest absolute Gasteiger partial charge is 0.337 e. The van der Waals surface area contributed by atoms with E-state index in [-0.39, 0.29) is 11.3 Å². The minimum absolute atomic E-state index is 0.0312. The maximum absolute atomic E-state index is 10.6. The van der Waals surface area contributed by atoms with Gasteiger partial charge in [-0.15, -0.1) is 0 Å². The zero-order valence-corrected chi connectivity index (χ0v) is 8.07. The van der Waals surface area contributed by atoms with E-state index in [1.807, 2.05) is 0 Å². The number of carboxylic acid groups (broad SMARTS) is 1. The Hall–Kier alpha value is -1.99. The molecule has 0 saturated heterocycles. The molecule has 0 bridgehead atoms. The van der Waals surface area contributed by atoms with Crippen LogP contribution in [0, 0.1) is 0 Å². The topological polar surface area (TPSA) is 134 Å². The number of nitrogens with zero attached hydrogens (tertiary/aromatic N) is 1. The molecule has 1 aromatic rings. The van der Waals surface area contributed by atoms with Gasteiger partial charge in [0.2, 0.25) is 5.91 Å². The molecule has 0 aliphatic heterocycles. The van der Waals surface area contributed by atoms with Crippen LogP contribution in [0.4, 0.5) is 0 Å². The quantitative estimate of drug-likeness (QED) is 0.502. The molecule has 0 radical (unpaired) electrons. The van der Waals surface area contributed by atoms with Crippen molar-refractivity contribution in [2.24, 2.45) is 5.73 Å². The molecule has 7 nitrogen and oxygen atoms in total. The molecule has 1 heterocycles. The Balaban J connectivity index is 2.89. The summed E-state index contributed by atoms with van der Waals surface area (Å²) in [5.74, 6) is -2.25. The number of aromatic nitrogens is 1. The molecule has 2 unspecified atom stereocenters. The highest BCUT2D eigenvalue weighted by Crippen LogP contribution is 2.14. The first-order valence-corrected chi connectivity index (χ1v) is 4.28. The van der Waals surface area contributed by atoms with E-state index in [1.165, 1.54) is 12.1 Å². The number of hydrogen-bond donors (Lipinski definition) is 4. The maximum atomic E-state index is 10.6. The molecule has 0 aliphatic carbocycles. The van der Waals surface area contributed by atoms with Gasteiger partial charge in [0.15, 0.2) is 6.10 Å². The normalized spacial score (nSPS) is 14.1. The Bertz CT molecular complexity index is 403. The van der Waals surface area contributed by atoms with Crippen LogP contribution in [-0.2, 0) is 4.79 Å². The van der Waals surface area contributed by atoms with Gasteiger partial charge in [-0.1, -0.05) is 0 Å². The van der Waals surface area contributed by atoms with Crippen LogP contribution < -0.4 is 5.73 Å². The summed E-state index contributed by atoms with van der Waals surface area (Å²) in [6.45, 7) is 0. The average Bonchev–Trinajstić information content (AvgIpc) is 2.27. The summed E-state index contributed by atoms with van der Waals surface area (Å²) in [5, 5.41) is 27.2. The number of carbonyl (C=O) groups is 2. The van der Waals surface area contributed by atoms with Crippen molar-refractivity contribution in [3.8, 4) is 0 Å². The molecule has 86 valence electrons. The third-order valence-corrected chi connectivity index (χ3v) is 1.93. The summed E-state index contributed by atoms with van der Waals surface area (Å²) in [6.07, 6.45) is -2.34. The van der Waals surface area contributed by atoms with E-state index in [0.29, 0.717) is 0 Å². The van der Waals surface area contributed by atoms with Gasteiger partial charge in [0.25, 0.3) is 0 Å². The second kappa shape index (κ2) is 4.69. The first kappa shape index (κ1) is 12.1. The first-order valence-electron chi connectivity index (χ1n) is 4.28. The standard InChI is InChI=1S/C9H10N2O5/c10-8(14)7(13)6(12)5-2-1-4(3-11-5)9(15)16/h1-3,6-7,12-13H,(H2,10,14)(H,15,16). The van der Waals surface area contributed by atoms with E-state index in [9.17, 15) is 14.7 Å². The molecule has 7 heteroatoms. The van der Waals surface area contributed by atoms with E-state index >= 15 is 0 Å². The zero-order valence-electron chi connectivity index (χ0n) is 8.07. The number of aromatic carboxylic acids is 1. The van der Waals surface area contributed by atoms with E-state index < -0.39 is 24.1 Å². The lowest BCUT2D eigenvalue weighted by atomic mass is 10.1. The van der Waals surface area contributed by atoms with Gasteiger partial charge >= 0.3 is 5.97 Å². The molecule has 0 spiro atoms. The van der Waals surface area contributed by atoms with E-state index in [0.717, 1.165) is 6.20 Å². The Morgan fingerprint density at radius 3 is 2.31 bits per heavy atom. The lowest BCUT2D eigenvalue weighted by molar-refractivity contribution is -0.132. The van der Waals surface area contributed by atoms with Crippen molar-refractivity contribution >= 4 is 11.9 Å². The van der Waals surface area contributed by atoms with E-state index in [2.05, 4.69) is 4.98 Å². The third-order valence-electron chi connectivity index (χ3n) is 1.93. The Morgan fingerprint density at radius 2 is 1.94 bits per heavy atom. The highest BCUT2D eigenvalue weighted by molar-refractivity contribution is 5.87. The number of carboxylic acids is 1. The molecular weight excluding hydrogens is 216 g/mol. The summed E-state index contributed by atoms with van der Waals surface area (Å²) < 4.78 is 0. The Kier molecular flexibility index (Phi) is 3.54. The Labute approximate surface area is 90.2 Å². The Morgan fingerprint density at radius 1 is 1.31 bits per heavy atom. The summed E-state index contributed by atoms with van der Waals surface area (Å²) in [5.41, 5.74) is 4.69. The van der Waals surface area contributed by atoms with Gasteiger partial charge in [0.05, 0.1) is 11.3 Å². The van der Waals surface area contributed by atoms with Crippen molar-refractivity contribution in [2.75, 3.05) is 0 Å². The van der Waals surface area contributed by atoms with Crippen LogP contribution in [0.25, 0.3) is 0 Å². The first-order chi connectivity index (χ1) is 7.43. The predicted octanol–water partition coefficient (Wildman–Crippen LogP) is -1.34. The van der Waals surface area contributed by atoms with Crippen LogP contribution in [0.1, 0.15) is 22.2 Å². The minimum Gasteiger partial charge on any atom is -0.478 e. The molecule has 0 aromatic carbocycles. The fraction of sp³-hybridized carbons (Fsp3) is 0.222. The number of primary amides is 1. The van der Waals surface area contributed by atoms with Crippen LogP contribution in [0.3, 0.4) is 0 Å². The van der Waals surface area contributed by atoms with Crippen LogP contribution in [-0.4, -0.2) is 38.3 Å². The molecule has 0 saturated carbocycles. The molecule has 1 aromatic heterocycles. The lowest BCUT2D eigenvalue weighted by Crippen LogP contribution is -2.34. The number of amides is 1. The van der Waals surface area contributed by atoms with Crippen LogP contribution in [0.15, 0.2) is 18.3 Å². The number of pyridine rings is 1.